The molecule has 0 aromatic carbocycles. The van der Waals surface area contributed by atoms with E-state index < -0.39 is 6.10 Å². The number of rotatable bonds is 2. The van der Waals surface area contributed by atoms with E-state index in [1.807, 2.05) is 6.08 Å². The number of fused-ring (bicyclic) bond motifs is 1. The van der Waals surface area contributed by atoms with Gasteiger partial charge in [0.1, 0.15) is 6.10 Å². The van der Waals surface area contributed by atoms with Crippen LogP contribution in [0, 0.1) is 11.3 Å². The summed E-state index contributed by atoms with van der Waals surface area (Å²) in [5.41, 5.74) is 1.42. The van der Waals surface area contributed by atoms with E-state index in [2.05, 4.69) is 13.8 Å². The summed E-state index contributed by atoms with van der Waals surface area (Å²) in [5, 5.41) is 0. The van der Waals surface area contributed by atoms with Gasteiger partial charge in [-0.25, -0.2) is 0 Å². The van der Waals surface area contributed by atoms with Gasteiger partial charge in [-0.05, 0) is 36.7 Å². The molecule has 0 saturated heterocycles. The fraction of sp³-hybridized carbons (Fsp3) is 0.750. The number of hydrogen-bond acceptors (Lipinski definition) is 4. The molecular weight excluding hydrogens is 256 g/mol. The molecular formula is C16H24O4. The van der Waals surface area contributed by atoms with Crippen LogP contribution in [-0.2, 0) is 19.1 Å². The van der Waals surface area contributed by atoms with E-state index >= 15 is 0 Å². The lowest BCUT2D eigenvalue weighted by atomic mass is 9.61. The Bertz CT molecular complexity index is 440. The second-order valence-electron chi connectivity index (χ2n) is 6.40. The zero-order valence-electron chi connectivity index (χ0n) is 12.8. The molecule has 112 valence electrons. The van der Waals surface area contributed by atoms with E-state index in [0.717, 1.165) is 12.8 Å². The van der Waals surface area contributed by atoms with E-state index in [9.17, 15) is 9.59 Å². The van der Waals surface area contributed by atoms with Gasteiger partial charge in [0.2, 0.25) is 0 Å². The van der Waals surface area contributed by atoms with Gasteiger partial charge in [-0.1, -0.05) is 25.8 Å². The van der Waals surface area contributed by atoms with Crippen LogP contribution in [0.5, 0.6) is 0 Å². The standard InChI is InChI=1S/C16H24O4/c1-10-6-5-7-16(4)9-15(20-12(3)18)14(8-13(10)16)19-11(2)17/h8,10,14-15H,5-7,9H2,1-4H3/t10-,14-,15-,16+/m0/s1. The first-order valence-electron chi connectivity index (χ1n) is 7.38. The summed E-state index contributed by atoms with van der Waals surface area (Å²) in [6, 6.07) is 0. The van der Waals surface area contributed by atoms with Gasteiger partial charge in [0, 0.05) is 13.8 Å². The number of hydrogen-bond donors (Lipinski definition) is 0. The van der Waals surface area contributed by atoms with Crippen LogP contribution in [0.3, 0.4) is 0 Å². The van der Waals surface area contributed by atoms with Crippen molar-refractivity contribution in [1.29, 1.82) is 0 Å². The zero-order chi connectivity index (χ0) is 14.9. The summed E-state index contributed by atoms with van der Waals surface area (Å²) in [5.74, 6) is -0.155. The monoisotopic (exact) mass is 280 g/mol. The van der Waals surface area contributed by atoms with Crippen molar-refractivity contribution in [2.24, 2.45) is 11.3 Å². The van der Waals surface area contributed by atoms with Crippen molar-refractivity contribution in [1.82, 2.24) is 0 Å². The van der Waals surface area contributed by atoms with Gasteiger partial charge >= 0.3 is 11.9 Å². The molecule has 20 heavy (non-hydrogen) atoms. The maximum absolute atomic E-state index is 11.3. The summed E-state index contributed by atoms with van der Waals surface area (Å²) >= 11 is 0. The molecule has 1 fully saturated rings. The van der Waals surface area contributed by atoms with Gasteiger partial charge in [-0.3, -0.25) is 9.59 Å². The first kappa shape index (κ1) is 15.1. The molecule has 1 saturated carbocycles. The molecule has 2 aliphatic rings. The van der Waals surface area contributed by atoms with E-state index in [0.29, 0.717) is 5.92 Å². The number of carbonyl (C=O) groups excluding carboxylic acids is 2. The highest BCUT2D eigenvalue weighted by molar-refractivity contribution is 5.67. The Hall–Kier alpha value is -1.32. The highest BCUT2D eigenvalue weighted by Gasteiger charge is 2.45. The number of esters is 2. The van der Waals surface area contributed by atoms with Crippen LogP contribution in [0.1, 0.15) is 53.4 Å². The molecule has 2 rings (SSSR count). The summed E-state index contributed by atoms with van der Waals surface area (Å²) in [6.45, 7) is 7.24. The average molecular weight is 280 g/mol. The number of carbonyl (C=O) groups is 2. The van der Waals surface area contributed by atoms with Gasteiger partial charge in [-0.15, -0.1) is 0 Å². The van der Waals surface area contributed by atoms with Gasteiger partial charge < -0.3 is 9.47 Å². The van der Waals surface area contributed by atoms with Crippen LogP contribution < -0.4 is 0 Å². The van der Waals surface area contributed by atoms with Crippen molar-refractivity contribution in [3.8, 4) is 0 Å². The van der Waals surface area contributed by atoms with Crippen LogP contribution in [0.2, 0.25) is 0 Å². The number of allylic oxidation sites excluding steroid dienone is 1. The van der Waals surface area contributed by atoms with Gasteiger partial charge in [0.15, 0.2) is 6.10 Å². The minimum Gasteiger partial charge on any atom is -0.458 e. The third-order valence-electron chi connectivity index (χ3n) is 4.57. The summed E-state index contributed by atoms with van der Waals surface area (Å²) in [7, 11) is 0. The topological polar surface area (TPSA) is 52.6 Å². The quantitative estimate of drug-likeness (QED) is 0.576. The molecule has 0 unspecified atom stereocenters. The lowest BCUT2D eigenvalue weighted by Crippen LogP contribution is -2.44. The second kappa shape index (κ2) is 5.58. The summed E-state index contributed by atoms with van der Waals surface area (Å²) in [6.07, 6.45) is 5.43. The molecule has 0 aromatic rings. The maximum Gasteiger partial charge on any atom is 0.303 e. The molecule has 0 aromatic heterocycles. The Morgan fingerprint density at radius 3 is 2.50 bits per heavy atom. The largest absolute Gasteiger partial charge is 0.458 e. The lowest BCUT2D eigenvalue weighted by molar-refractivity contribution is -0.165. The van der Waals surface area contributed by atoms with Crippen molar-refractivity contribution < 1.29 is 19.1 Å². The Kier molecular flexibility index (Phi) is 4.21. The Labute approximate surface area is 120 Å². The van der Waals surface area contributed by atoms with Crippen LogP contribution in [0.4, 0.5) is 0 Å². The van der Waals surface area contributed by atoms with Crippen molar-refractivity contribution in [2.75, 3.05) is 0 Å². The smallest absolute Gasteiger partial charge is 0.303 e. The zero-order valence-corrected chi connectivity index (χ0v) is 12.8. The minimum atomic E-state index is -0.444. The van der Waals surface area contributed by atoms with Crippen molar-refractivity contribution in [3.63, 3.8) is 0 Å². The molecule has 0 radical (unpaired) electrons. The molecule has 4 nitrogen and oxygen atoms in total. The Morgan fingerprint density at radius 1 is 1.25 bits per heavy atom. The first-order chi connectivity index (χ1) is 9.32. The highest BCUT2D eigenvalue weighted by Crippen LogP contribution is 2.50. The van der Waals surface area contributed by atoms with Crippen molar-refractivity contribution in [3.05, 3.63) is 11.6 Å². The van der Waals surface area contributed by atoms with E-state index in [-0.39, 0.29) is 23.5 Å². The summed E-state index contributed by atoms with van der Waals surface area (Å²) < 4.78 is 10.7. The third-order valence-corrected chi connectivity index (χ3v) is 4.57. The Balaban J connectivity index is 2.30. The van der Waals surface area contributed by atoms with Crippen molar-refractivity contribution in [2.45, 2.75) is 65.6 Å². The molecule has 0 aliphatic heterocycles. The van der Waals surface area contributed by atoms with Gasteiger partial charge in [0.25, 0.3) is 0 Å². The molecule has 0 amide bonds. The molecule has 2 aliphatic carbocycles. The third kappa shape index (κ3) is 3.05. The van der Waals surface area contributed by atoms with Crippen LogP contribution >= 0.6 is 0 Å². The predicted octanol–water partition coefficient (Wildman–Crippen LogP) is 3.01. The van der Waals surface area contributed by atoms with Gasteiger partial charge in [0.05, 0.1) is 0 Å². The minimum absolute atomic E-state index is 0.0639. The van der Waals surface area contributed by atoms with Crippen LogP contribution in [-0.4, -0.2) is 24.1 Å². The highest BCUT2D eigenvalue weighted by atomic mass is 16.6. The normalized spacial score (nSPS) is 36.6. The van der Waals surface area contributed by atoms with Crippen LogP contribution in [0.15, 0.2) is 11.6 Å². The second-order valence-corrected chi connectivity index (χ2v) is 6.40. The summed E-state index contributed by atoms with van der Waals surface area (Å²) in [4.78, 5) is 22.6. The molecule has 4 atom stereocenters. The van der Waals surface area contributed by atoms with E-state index in [1.54, 1.807) is 0 Å². The van der Waals surface area contributed by atoms with Gasteiger partial charge in [-0.2, -0.15) is 0 Å². The maximum atomic E-state index is 11.3. The molecule has 0 bridgehead atoms. The Morgan fingerprint density at radius 2 is 1.90 bits per heavy atom. The number of ether oxygens (including phenoxy) is 2. The first-order valence-corrected chi connectivity index (χ1v) is 7.38. The predicted molar refractivity (Wildman–Crippen MR) is 74.9 cm³/mol. The van der Waals surface area contributed by atoms with Crippen LogP contribution in [0.25, 0.3) is 0 Å². The molecule has 0 spiro atoms. The molecule has 0 N–H and O–H groups in total. The fourth-order valence-electron chi connectivity index (χ4n) is 3.75. The fourth-order valence-corrected chi connectivity index (χ4v) is 3.75. The SMILES string of the molecule is CC(=O)O[C@H]1C=C2[C@@H](C)CCC[C@]2(C)C[C@@H]1OC(C)=O. The van der Waals surface area contributed by atoms with E-state index in [1.165, 1.54) is 32.3 Å². The lowest BCUT2D eigenvalue weighted by Gasteiger charge is -2.46. The average Bonchev–Trinajstić information content (AvgIpc) is 2.30. The van der Waals surface area contributed by atoms with E-state index in [4.69, 9.17) is 9.47 Å². The molecule has 0 heterocycles. The van der Waals surface area contributed by atoms with Crippen molar-refractivity contribution >= 4 is 11.9 Å². The molecule has 4 heteroatoms.